The van der Waals surface area contributed by atoms with Gasteiger partial charge in [-0.25, -0.2) is 0 Å². The highest BCUT2D eigenvalue weighted by Crippen LogP contribution is 2.59. The molecule has 0 aromatic heterocycles. The fourth-order valence-electron chi connectivity index (χ4n) is 9.50. The van der Waals surface area contributed by atoms with Crippen molar-refractivity contribution in [3.63, 3.8) is 0 Å². The maximum Gasteiger partial charge on any atom is 0.306 e. The summed E-state index contributed by atoms with van der Waals surface area (Å²) in [5.41, 5.74) is 0.268. The first kappa shape index (κ1) is 18.2. The average molecular weight is 386 g/mol. The average Bonchev–Trinajstić information content (AvgIpc) is 2.62. The van der Waals surface area contributed by atoms with E-state index in [4.69, 9.17) is 4.74 Å². The molecule has 0 spiro atoms. The number of hydrogen-bond acceptors (Lipinski definition) is 3. The van der Waals surface area contributed by atoms with Crippen LogP contribution in [0, 0.1) is 41.4 Å². The van der Waals surface area contributed by atoms with Crippen LogP contribution in [0.4, 0.5) is 0 Å². The number of hydrogen-bond donors (Lipinski definition) is 1. The highest BCUT2D eigenvalue weighted by molar-refractivity contribution is 5.70. The first-order chi connectivity index (χ1) is 13.5. The van der Waals surface area contributed by atoms with Gasteiger partial charge in [-0.2, -0.15) is 0 Å². The normalized spacial score (nSPS) is 53.0. The monoisotopic (exact) mass is 385 g/mol. The summed E-state index contributed by atoms with van der Waals surface area (Å²) in [6, 6.07) is 0. The van der Waals surface area contributed by atoms with Crippen molar-refractivity contribution in [1.82, 2.24) is 5.32 Å². The van der Waals surface area contributed by atoms with Crippen LogP contribution < -0.4 is 5.32 Å². The fraction of sp³-hybridized carbons (Fsp3) is 0.960. The van der Waals surface area contributed by atoms with Gasteiger partial charge in [0.05, 0.1) is 0 Å². The Morgan fingerprint density at radius 2 is 1.32 bits per heavy atom. The standard InChI is InChI=1S/C25H39NO2/c1-24(21-9-16-5-17(11-21)12-22(24)10-16)28-23(27)3-2-4-26-25-13-18-6-19(14-25)8-20(7-18)15-25/h16-22,26H,2-15H2,1H3. The van der Waals surface area contributed by atoms with Crippen LogP contribution in [-0.4, -0.2) is 23.7 Å². The van der Waals surface area contributed by atoms with E-state index in [1.807, 2.05) is 0 Å². The molecule has 8 rings (SSSR count). The zero-order chi connectivity index (χ0) is 18.9. The molecular weight excluding hydrogens is 346 g/mol. The van der Waals surface area contributed by atoms with E-state index in [0.29, 0.717) is 23.8 Å². The van der Waals surface area contributed by atoms with E-state index in [-0.39, 0.29) is 11.6 Å². The Bertz CT molecular complexity index is 577. The minimum absolute atomic E-state index is 0.0716. The van der Waals surface area contributed by atoms with Crippen LogP contribution in [0.2, 0.25) is 0 Å². The molecule has 0 unspecified atom stereocenters. The maximum atomic E-state index is 12.7. The minimum Gasteiger partial charge on any atom is -0.459 e. The lowest BCUT2D eigenvalue weighted by atomic mass is 9.50. The van der Waals surface area contributed by atoms with Crippen molar-refractivity contribution in [3.8, 4) is 0 Å². The lowest BCUT2D eigenvalue weighted by Crippen LogP contribution is -2.58. The zero-order valence-corrected chi connectivity index (χ0v) is 17.8. The summed E-state index contributed by atoms with van der Waals surface area (Å²) in [4.78, 5) is 12.7. The maximum absolute atomic E-state index is 12.7. The summed E-state index contributed by atoms with van der Waals surface area (Å²) in [5, 5.41) is 3.94. The molecule has 8 saturated carbocycles. The quantitative estimate of drug-likeness (QED) is 0.512. The van der Waals surface area contributed by atoms with Crippen LogP contribution in [0.25, 0.3) is 0 Å². The van der Waals surface area contributed by atoms with Gasteiger partial charge < -0.3 is 10.1 Å². The van der Waals surface area contributed by atoms with Crippen molar-refractivity contribution >= 4 is 5.97 Å². The van der Waals surface area contributed by atoms with Gasteiger partial charge in [-0.05, 0) is 132 Å². The molecule has 0 atom stereocenters. The molecule has 0 aromatic rings. The molecule has 156 valence electrons. The molecule has 0 saturated heterocycles. The van der Waals surface area contributed by atoms with Gasteiger partial charge in [-0.15, -0.1) is 0 Å². The second kappa shape index (κ2) is 6.46. The van der Waals surface area contributed by atoms with Crippen molar-refractivity contribution in [3.05, 3.63) is 0 Å². The summed E-state index contributed by atoms with van der Waals surface area (Å²) in [7, 11) is 0. The number of ether oxygens (including phenoxy) is 1. The van der Waals surface area contributed by atoms with Crippen molar-refractivity contribution in [2.24, 2.45) is 41.4 Å². The molecular formula is C25H39NO2. The highest BCUT2D eigenvalue weighted by Gasteiger charge is 2.57. The second-order valence-electron chi connectivity index (χ2n) is 12.2. The van der Waals surface area contributed by atoms with E-state index in [0.717, 1.165) is 42.6 Å². The van der Waals surface area contributed by atoms with Gasteiger partial charge in [-0.3, -0.25) is 4.79 Å². The van der Waals surface area contributed by atoms with Gasteiger partial charge >= 0.3 is 5.97 Å². The van der Waals surface area contributed by atoms with E-state index >= 15 is 0 Å². The Morgan fingerprint density at radius 3 is 1.86 bits per heavy atom. The van der Waals surface area contributed by atoms with E-state index in [2.05, 4.69) is 12.2 Å². The lowest BCUT2D eigenvalue weighted by molar-refractivity contribution is -0.203. The molecule has 8 bridgehead atoms. The molecule has 0 heterocycles. The number of rotatable bonds is 6. The molecule has 3 heteroatoms. The third-order valence-electron chi connectivity index (χ3n) is 10.2. The second-order valence-corrected chi connectivity index (χ2v) is 12.2. The number of nitrogens with one attached hydrogen (secondary N) is 1. The molecule has 1 N–H and O–H groups in total. The molecule has 0 radical (unpaired) electrons. The largest absolute Gasteiger partial charge is 0.459 e. The van der Waals surface area contributed by atoms with Crippen LogP contribution in [0.1, 0.15) is 90.4 Å². The van der Waals surface area contributed by atoms with Crippen LogP contribution in [-0.2, 0) is 9.53 Å². The Labute approximate surface area is 170 Å². The Morgan fingerprint density at radius 1 is 0.821 bits per heavy atom. The van der Waals surface area contributed by atoms with Gasteiger partial charge in [0.1, 0.15) is 5.60 Å². The molecule has 8 fully saturated rings. The van der Waals surface area contributed by atoms with Crippen LogP contribution >= 0.6 is 0 Å². The number of carbonyl (C=O) groups excluding carboxylic acids is 1. The third kappa shape index (κ3) is 2.97. The molecule has 8 aliphatic rings. The zero-order valence-electron chi connectivity index (χ0n) is 17.8. The first-order valence-electron chi connectivity index (χ1n) is 12.5. The van der Waals surface area contributed by atoms with Crippen LogP contribution in [0.15, 0.2) is 0 Å². The van der Waals surface area contributed by atoms with Gasteiger partial charge in [0, 0.05) is 12.0 Å². The van der Waals surface area contributed by atoms with Crippen LogP contribution in [0.3, 0.4) is 0 Å². The van der Waals surface area contributed by atoms with Gasteiger partial charge in [0.2, 0.25) is 0 Å². The summed E-state index contributed by atoms with van der Waals surface area (Å²) < 4.78 is 6.24. The summed E-state index contributed by atoms with van der Waals surface area (Å²) in [5.74, 6) is 6.16. The molecule has 3 nitrogen and oxygen atoms in total. The predicted octanol–water partition coefficient (Wildman–Crippen LogP) is 5.08. The van der Waals surface area contributed by atoms with E-state index in [9.17, 15) is 4.79 Å². The minimum atomic E-state index is -0.155. The summed E-state index contributed by atoms with van der Waals surface area (Å²) in [6.07, 6.45) is 16.9. The molecule has 0 aliphatic heterocycles. The van der Waals surface area contributed by atoms with Crippen molar-refractivity contribution in [1.29, 1.82) is 0 Å². The van der Waals surface area contributed by atoms with Gasteiger partial charge in [0.15, 0.2) is 0 Å². The fourth-order valence-corrected chi connectivity index (χ4v) is 9.50. The molecule has 0 amide bonds. The first-order valence-corrected chi connectivity index (χ1v) is 12.5. The van der Waals surface area contributed by atoms with E-state index in [1.165, 1.54) is 70.6 Å². The van der Waals surface area contributed by atoms with Crippen LogP contribution in [0.5, 0.6) is 0 Å². The van der Waals surface area contributed by atoms with Crippen molar-refractivity contribution in [2.45, 2.75) is 102 Å². The van der Waals surface area contributed by atoms with E-state index < -0.39 is 0 Å². The SMILES string of the molecule is CC1(OC(=O)CCCNC23CC4CC(CC(C4)C2)C3)C2CC3CC(C2)CC1C3. The summed E-state index contributed by atoms with van der Waals surface area (Å²) >= 11 is 0. The smallest absolute Gasteiger partial charge is 0.306 e. The molecule has 0 aromatic carbocycles. The number of carbonyl (C=O) groups is 1. The van der Waals surface area contributed by atoms with Crippen molar-refractivity contribution < 1.29 is 9.53 Å². The van der Waals surface area contributed by atoms with E-state index in [1.54, 1.807) is 0 Å². The molecule has 28 heavy (non-hydrogen) atoms. The Balaban J connectivity index is 0.995. The number of esters is 1. The third-order valence-corrected chi connectivity index (χ3v) is 10.2. The lowest BCUT2D eigenvalue weighted by Gasteiger charge is -2.59. The summed E-state index contributed by atoms with van der Waals surface area (Å²) in [6.45, 7) is 3.26. The highest BCUT2D eigenvalue weighted by atomic mass is 16.6. The van der Waals surface area contributed by atoms with Crippen molar-refractivity contribution in [2.75, 3.05) is 6.54 Å². The Kier molecular flexibility index (Phi) is 4.20. The predicted molar refractivity (Wildman–Crippen MR) is 110 cm³/mol. The topological polar surface area (TPSA) is 38.3 Å². The van der Waals surface area contributed by atoms with Gasteiger partial charge in [-0.1, -0.05) is 0 Å². The van der Waals surface area contributed by atoms with Gasteiger partial charge in [0.25, 0.3) is 0 Å². The Hall–Kier alpha value is -0.570. The molecule has 8 aliphatic carbocycles.